The van der Waals surface area contributed by atoms with Gasteiger partial charge < -0.3 is 25.4 Å². The second-order valence-corrected chi connectivity index (χ2v) is 14.0. The molecule has 0 fully saturated rings. The van der Waals surface area contributed by atoms with Crippen LogP contribution in [0, 0.1) is 22.2 Å². The number of amides is 2. The van der Waals surface area contributed by atoms with E-state index in [9.17, 15) is 9.59 Å². The minimum absolute atomic E-state index is 0.0246. The van der Waals surface area contributed by atoms with Crippen LogP contribution < -0.4 is 16.0 Å². The number of nitrogens with one attached hydrogen (secondary N) is 3. The molecule has 0 spiro atoms. The number of ether oxygens (including phenoxy) is 2. The van der Waals surface area contributed by atoms with Gasteiger partial charge in [0.15, 0.2) is 0 Å². The molecule has 1 unspecified atom stereocenters. The zero-order valence-electron chi connectivity index (χ0n) is 24.9. The summed E-state index contributed by atoms with van der Waals surface area (Å²) in [4.78, 5) is 24.4. The molecule has 0 aromatic rings. The second-order valence-electron chi connectivity index (χ2n) is 14.0. The lowest BCUT2D eigenvalue weighted by Gasteiger charge is -2.31. The molecule has 0 aliphatic rings. The molecule has 0 heterocycles. The van der Waals surface area contributed by atoms with Crippen LogP contribution in [-0.2, 0) is 19.1 Å². The summed E-state index contributed by atoms with van der Waals surface area (Å²) in [6.07, 6.45) is 0.391. The van der Waals surface area contributed by atoms with Crippen molar-refractivity contribution >= 4 is 19.7 Å². The van der Waals surface area contributed by atoms with Crippen molar-refractivity contribution in [1.29, 1.82) is 0 Å². The fraction of sp³-hybridized carbons (Fsp3) is 0.926. The lowest BCUT2D eigenvalue weighted by Crippen LogP contribution is -2.40. The molecule has 0 bridgehead atoms. The highest BCUT2D eigenvalue weighted by Gasteiger charge is 2.27. The van der Waals surface area contributed by atoms with E-state index in [4.69, 9.17) is 9.47 Å². The molecule has 3 N–H and O–H groups in total. The van der Waals surface area contributed by atoms with Gasteiger partial charge in [0.25, 0.3) is 0 Å². The molecule has 0 aromatic carbocycles. The number of hydrogen-bond acceptors (Lipinski definition) is 5. The highest BCUT2D eigenvalue weighted by atomic mass is 16.5. The maximum Gasteiger partial charge on any atom is 0.222 e. The zero-order valence-corrected chi connectivity index (χ0v) is 24.9. The summed E-state index contributed by atoms with van der Waals surface area (Å²) in [6.45, 7) is 27.1. The quantitative estimate of drug-likeness (QED) is 0.253. The van der Waals surface area contributed by atoms with Crippen LogP contribution >= 0.6 is 0 Å². The van der Waals surface area contributed by atoms with Gasteiger partial charge in [-0.05, 0) is 10.7 Å². The van der Waals surface area contributed by atoms with Crippen molar-refractivity contribution in [3.05, 3.63) is 0 Å². The van der Waals surface area contributed by atoms with Gasteiger partial charge in [0.1, 0.15) is 7.85 Å². The average Bonchev–Trinajstić information content (AvgIpc) is 2.68. The molecule has 0 radical (unpaired) electrons. The molecule has 206 valence electrons. The monoisotopic (exact) mass is 497 g/mol. The summed E-state index contributed by atoms with van der Waals surface area (Å²) >= 11 is 0. The Morgan fingerprint density at radius 1 is 0.714 bits per heavy atom. The van der Waals surface area contributed by atoms with E-state index >= 15 is 0 Å². The van der Waals surface area contributed by atoms with E-state index in [1.165, 1.54) is 0 Å². The van der Waals surface area contributed by atoms with Gasteiger partial charge in [-0.3, -0.25) is 9.59 Å². The number of rotatable bonds is 18. The first kappa shape index (κ1) is 33.9. The van der Waals surface area contributed by atoms with E-state index in [1.54, 1.807) is 0 Å². The predicted octanol–water partition coefficient (Wildman–Crippen LogP) is 3.19. The first-order chi connectivity index (χ1) is 15.8. The third kappa shape index (κ3) is 17.9. The lowest BCUT2D eigenvalue weighted by atomic mass is 9.71. The van der Waals surface area contributed by atoms with E-state index in [0.29, 0.717) is 52.0 Å². The van der Waals surface area contributed by atoms with Crippen LogP contribution in [-0.4, -0.2) is 71.8 Å². The summed E-state index contributed by atoms with van der Waals surface area (Å²) in [6, 6.07) is 0.458. The van der Waals surface area contributed by atoms with Crippen molar-refractivity contribution in [2.75, 3.05) is 46.1 Å². The van der Waals surface area contributed by atoms with E-state index in [1.807, 2.05) is 27.7 Å². The Labute approximate surface area is 217 Å². The van der Waals surface area contributed by atoms with Gasteiger partial charge in [0, 0.05) is 55.5 Å². The van der Waals surface area contributed by atoms with Gasteiger partial charge in [0.2, 0.25) is 11.8 Å². The smallest absolute Gasteiger partial charge is 0.222 e. The highest BCUT2D eigenvalue weighted by Crippen LogP contribution is 2.25. The molecule has 0 aliphatic carbocycles. The fourth-order valence-electron chi connectivity index (χ4n) is 3.26. The Morgan fingerprint density at radius 2 is 1.20 bits per heavy atom. The highest BCUT2D eigenvalue weighted by molar-refractivity contribution is 6.15. The van der Waals surface area contributed by atoms with Crippen molar-refractivity contribution in [2.24, 2.45) is 22.2 Å². The molecule has 2 amide bonds. The van der Waals surface area contributed by atoms with Gasteiger partial charge in [-0.1, -0.05) is 76.2 Å². The Morgan fingerprint density at radius 3 is 1.71 bits per heavy atom. The lowest BCUT2D eigenvalue weighted by molar-refractivity contribution is -0.126. The summed E-state index contributed by atoms with van der Waals surface area (Å²) in [7, 11) is 2.11. The predicted molar refractivity (Wildman–Crippen MR) is 149 cm³/mol. The Hall–Kier alpha value is -1.12. The molecule has 35 heavy (non-hydrogen) atoms. The minimum Gasteiger partial charge on any atom is -0.381 e. The minimum atomic E-state index is -0.282. The standard InChI is InChI=1S/C27H56BN3O4/c1-20(2)23(33)31-14-26(9,10)17-34-16-24(5,6)12-22(32)30-15-27(11,28)19-35-18-25(7,8)13-29-21(3)4/h20-21,29H,12-19,28H2,1-11H3,(H,30,32)(H,31,33). The van der Waals surface area contributed by atoms with Crippen LogP contribution in [0.25, 0.3) is 0 Å². The Bertz CT molecular complexity index is 646. The van der Waals surface area contributed by atoms with Crippen molar-refractivity contribution in [1.82, 2.24) is 16.0 Å². The van der Waals surface area contributed by atoms with Crippen molar-refractivity contribution in [3.8, 4) is 0 Å². The van der Waals surface area contributed by atoms with E-state index in [-0.39, 0.29) is 39.3 Å². The summed E-state index contributed by atoms with van der Waals surface area (Å²) in [5.74, 6) is 0.0476. The molecule has 1 atom stereocenters. The zero-order chi connectivity index (χ0) is 27.5. The van der Waals surface area contributed by atoms with Crippen LogP contribution in [0.2, 0.25) is 5.31 Å². The Balaban J connectivity index is 4.36. The molecular formula is C27H56BN3O4. The number of carbonyl (C=O) groups is 2. The average molecular weight is 498 g/mol. The maximum absolute atomic E-state index is 12.6. The normalized spacial score (nSPS) is 14.8. The van der Waals surface area contributed by atoms with Crippen LogP contribution in [0.1, 0.15) is 82.6 Å². The largest absolute Gasteiger partial charge is 0.381 e. The first-order valence-electron chi connectivity index (χ1n) is 13.2. The third-order valence-electron chi connectivity index (χ3n) is 5.63. The van der Waals surface area contributed by atoms with Gasteiger partial charge in [-0.2, -0.15) is 0 Å². The molecule has 0 saturated carbocycles. The topological polar surface area (TPSA) is 88.7 Å². The van der Waals surface area contributed by atoms with Crippen LogP contribution in [0.4, 0.5) is 0 Å². The van der Waals surface area contributed by atoms with Crippen LogP contribution in [0.3, 0.4) is 0 Å². The van der Waals surface area contributed by atoms with Gasteiger partial charge >= 0.3 is 0 Å². The molecule has 0 aromatic heterocycles. The summed E-state index contributed by atoms with van der Waals surface area (Å²) in [5.41, 5.74) is -0.399. The number of hydrogen-bond donors (Lipinski definition) is 3. The molecular weight excluding hydrogens is 441 g/mol. The van der Waals surface area contributed by atoms with Gasteiger partial charge in [0.05, 0.1) is 19.8 Å². The molecule has 8 heteroatoms. The van der Waals surface area contributed by atoms with Crippen molar-refractivity contribution < 1.29 is 19.1 Å². The summed E-state index contributed by atoms with van der Waals surface area (Å²) in [5, 5.41) is 9.37. The summed E-state index contributed by atoms with van der Waals surface area (Å²) < 4.78 is 12.0. The third-order valence-corrected chi connectivity index (χ3v) is 5.63. The second kappa shape index (κ2) is 14.6. The van der Waals surface area contributed by atoms with E-state index in [0.717, 1.165) is 6.54 Å². The van der Waals surface area contributed by atoms with Gasteiger partial charge in [-0.25, -0.2) is 0 Å². The van der Waals surface area contributed by atoms with Crippen LogP contribution in [0.15, 0.2) is 0 Å². The maximum atomic E-state index is 12.6. The molecule has 0 aliphatic heterocycles. The number of carbonyl (C=O) groups excluding carboxylic acids is 2. The SMILES string of the molecule is BC(C)(CNC(=O)CC(C)(C)COCC(C)(C)CNC(=O)C(C)C)COCC(C)(C)CNC(C)C. The van der Waals surface area contributed by atoms with Crippen LogP contribution in [0.5, 0.6) is 0 Å². The fourth-order valence-corrected chi connectivity index (χ4v) is 3.26. The molecule has 7 nitrogen and oxygen atoms in total. The first-order valence-corrected chi connectivity index (χ1v) is 13.2. The molecule has 0 saturated heterocycles. The van der Waals surface area contributed by atoms with Crippen molar-refractivity contribution in [2.45, 2.75) is 93.9 Å². The van der Waals surface area contributed by atoms with E-state index < -0.39 is 0 Å². The van der Waals surface area contributed by atoms with Gasteiger partial charge in [-0.15, -0.1) is 0 Å². The van der Waals surface area contributed by atoms with E-state index in [2.05, 4.69) is 72.3 Å². The van der Waals surface area contributed by atoms with Crippen molar-refractivity contribution in [3.63, 3.8) is 0 Å². The molecule has 0 rings (SSSR count). The Kier molecular flexibility index (Phi) is 14.1.